The zero-order valence-corrected chi connectivity index (χ0v) is 11.7. The number of aromatic nitrogens is 2. The van der Waals surface area contributed by atoms with E-state index in [9.17, 15) is 0 Å². The Morgan fingerprint density at radius 3 is 2.95 bits per heavy atom. The fourth-order valence-electron chi connectivity index (χ4n) is 2.39. The van der Waals surface area contributed by atoms with Crippen molar-refractivity contribution in [1.82, 2.24) is 9.97 Å². The average molecular weight is 272 g/mol. The quantitative estimate of drug-likeness (QED) is 0.516. The summed E-state index contributed by atoms with van der Waals surface area (Å²) >= 11 is 1.64. The number of rotatable bonds is 2. The Kier molecular flexibility index (Phi) is 3.29. The maximum Gasteiger partial charge on any atom is 0.133 e. The molecule has 2 heterocycles. The van der Waals surface area contributed by atoms with Gasteiger partial charge in [0.1, 0.15) is 17.2 Å². The van der Waals surface area contributed by atoms with Gasteiger partial charge >= 0.3 is 0 Å². The predicted octanol–water partition coefficient (Wildman–Crippen LogP) is 2.34. The standard InChI is InChI=1S/C14H16N4S/c1-19-14-7-13(16-9-17-14)18-5-4-10-2-3-12(15)6-11(10)8-18/h2-3,6-7,9H,4-5,8,15H2,1H3. The van der Waals surface area contributed by atoms with Crippen molar-refractivity contribution < 1.29 is 0 Å². The van der Waals surface area contributed by atoms with Crippen LogP contribution in [0.2, 0.25) is 0 Å². The third-order valence-corrected chi connectivity index (χ3v) is 4.04. The largest absolute Gasteiger partial charge is 0.399 e. The number of hydrogen-bond donors (Lipinski definition) is 1. The lowest BCUT2D eigenvalue weighted by Crippen LogP contribution is -2.31. The Balaban J connectivity index is 1.88. The van der Waals surface area contributed by atoms with Crippen molar-refractivity contribution in [3.8, 4) is 0 Å². The van der Waals surface area contributed by atoms with Crippen LogP contribution in [-0.4, -0.2) is 22.8 Å². The second-order valence-corrected chi connectivity index (χ2v) is 5.44. The van der Waals surface area contributed by atoms with E-state index in [4.69, 9.17) is 5.73 Å². The number of hydrogen-bond acceptors (Lipinski definition) is 5. The van der Waals surface area contributed by atoms with Crippen LogP contribution in [-0.2, 0) is 13.0 Å². The Hall–Kier alpha value is -1.75. The van der Waals surface area contributed by atoms with Crippen molar-refractivity contribution in [2.24, 2.45) is 0 Å². The summed E-state index contributed by atoms with van der Waals surface area (Å²) in [5.74, 6) is 0.993. The molecule has 19 heavy (non-hydrogen) atoms. The molecule has 0 aliphatic carbocycles. The first-order valence-corrected chi connectivity index (χ1v) is 7.47. The van der Waals surface area contributed by atoms with E-state index in [1.54, 1.807) is 18.1 Å². The van der Waals surface area contributed by atoms with Gasteiger partial charge in [0.2, 0.25) is 0 Å². The van der Waals surface area contributed by atoms with Gasteiger partial charge in [0.15, 0.2) is 0 Å². The van der Waals surface area contributed by atoms with Crippen molar-refractivity contribution in [1.29, 1.82) is 0 Å². The molecule has 3 rings (SSSR count). The second-order valence-electron chi connectivity index (χ2n) is 4.62. The minimum atomic E-state index is 0.827. The van der Waals surface area contributed by atoms with Gasteiger partial charge in [0.05, 0.1) is 0 Å². The van der Waals surface area contributed by atoms with Crippen LogP contribution in [0.25, 0.3) is 0 Å². The first-order chi connectivity index (χ1) is 9.26. The molecular weight excluding hydrogens is 256 g/mol. The van der Waals surface area contributed by atoms with Crippen molar-refractivity contribution in [2.75, 3.05) is 23.4 Å². The smallest absolute Gasteiger partial charge is 0.133 e. The van der Waals surface area contributed by atoms with Gasteiger partial charge in [0.25, 0.3) is 0 Å². The molecule has 0 radical (unpaired) electrons. The monoisotopic (exact) mass is 272 g/mol. The Morgan fingerprint density at radius 2 is 2.11 bits per heavy atom. The lowest BCUT2D eigenvalue weighted by molar-refractivity contribution is 0.717. The minimum Gasteiger partial charge on any atom is -0.399 e. The third-order valence-electron chi connectivity index (χ3n) is 3.40. The molecule has 0 unspecified atom stereocenters. The molecule has 0 amide bonds. The van der Waals surface area contributed by atoms with E-state index in [-0.39, 0.29) is 0 Å². The molecular formula is C14H16N4S. The molecule has 0 saturated heterocycles. The van der Waals surface area contributed by atoms with Crippen LogP contribution < -0.4 is 10.6 Å². The third kappa shape index (κ3) is 2.51. The Bertz CT molecular complexity index is 600. The topological polar surface area (TPSA) is 55.0 Å². The summed E-state index contributed by atoms with van der Waals surface area (Å²) in [7, 11) is 0. The van der Waals surface area contributed by atoms with E-state index in [1.807, 2.05) is 18.4 Å². The van der Waals surface area contributed by atoms with Gasteiger partial charge in [-0.15, -0.1) is 11.8 Å². The summed E-state index contributed by atoms with van der Waals surface area (Å²) in [5, 5.41) is 1.00. The highest BCUT2D eigenvalue weighted by molar-refractivity contribution is 7.98. The number of nitrogens with zero attached hydrogens (tertiary/aromatic N) is 3. The number of nitrogen functional groups attached to an aromatic ring is 1. The lowest BCUT2D eigenvalue weighted by Gasteiger charge is -2.30. The highest BCUT2D eigenvalue weighted by Crippen LogP contribution is 2.25. The Morgan fingerprint density at radius 1 is 1.21 bits per heavy atom. The van der Waals surface area contributed by atoms with E-state index in [0.717, 1.165) is 36.0 Å². The first-order valence-electron chi connectivity index (χ1n) is 6.24. The average Bonchev–Trinajstić information content (AvgIpc) is 2.46. The number of nitrogens with two attached hydrogens (primary N) is 1. The zero-order valence-electron chi connectivity index (χ0n) is 10.8. The summed E-state index contributed by atoms with van der Waals surface area (Å²) in [6.45, 7) is 1.85. The van der Waals surface area contributed by atoms with Gasteiger partial charge in [-0.1, -0.05) is 6.07 Å². The molecule has 4 nitrogen and oxygen atoms in total. The fourth-order valence-corrected chi connectivity index (χ4v) is 2.76. The maximum absolute atomic E-state index is 5.86. The molecule has 0 saturated carbocycles. The number of thioether (sulfide) groups is 1. The highest BCUT2D eigenvalue weighted by atomic mass is 32.2. The van der Waals surface area contributed by atoms with Gasteiger partial charge in [0, 0.05) is 24.8 Å². The molecule has 1 aliphatic heterocycles. The number of anilines is 2. The first kappa shape index (κ1) is 12.3. The van der Waals surface area contributed by atoms with E-state index in [1.165, 1.54) is 11.1 Å². The van der Waals surface area contributed by atoms with Crippen molar-refractivity contribution in [3.05, 3.63) is 41.7 Å². The lowest BCUT2D eigenvalue weighted by atomic mass is 9.99. The summed E-state index contributed by atoms with van der Waals surface area (Å²) in [6.07, 6.45) is 4.70. The molecule has 1 aromatic carbocycles. The summed E-state index contributed by atoms with van der Waals surface area (Å²) in [5.41, 5.74) is 9.39. The maximum atomic E-state index is 5.86. The van der Waals surface area contributed by atoms with E-state index < -0.39 is 0 Å². The fraction of sp³-hybridized carbons (Fsp3) is 0.286. The van der Waals surface area contributed by atoms with Crippen molar-refractivity contribution >= 4 is 23.3 Å². The predicted molar refractivity (Wildman–Crippen MR) is 79.4 cm³/mol. The number of fused-ring (bicyclic) bond motifs is 1. The second kappa shape index (κ2) is 5.09. The van der Waals surface area contributed by atoms with Gasteiger partial charge in [-0.05, 0) is 35.9 Å². The molecule has 0 spiro atoms. The zero-order chi connectivity index (χ0) is 13.2. The summed E-state index contributed by atoms with van der Waals surface area (Å²) in [4.78, 5) is 10.9. The molecule has 98 valence electrons. The number of benzene rings is 1. The van der Waals surface area contributed by atoms with Crippen molar-refractivity contribution in [3.63, 3.8) is 0 Å². The SMILES string of the molecule is CSc1cc(N2CCc3ccc(N)cc3C2)ncn1. The normalized spacial score (nSPS) is 14.3. The summed E-state index contributed by atoms with van der Waals surface area (Å²) < 4.78 is 0. The van der Waals surface area contributed by atoms with Crippen LogP contribution in [0.5, 0.6) is 0 Å². The van der Waals surface area contributed by atoms with Crippen molar-refractivity contribution in [2.45, 2.75) is 18.0 Å². The van der Waals surface area contributed by atoms with Gasteiger partial charge in [-0.25, -0.2) is 9.97 Å². The van der Waals surface area contributed by atoms with Crippen LogP contribution in [0, 0.1) is 0 Å². The van der Waals surface area contributed by atoms with E-state index >= 15 is 0 Å². The Labute approximate surface area is 117 Å². The molecule has 2 N–H and O–H groups in total. The molecule has 1 aliphatic rings. The molecule has 5 heteroatoms. The molecule has 2 aromatic rings. The minimum absolute atomic E-state index is 0.827. The summed E-state index contributed by atoms with van der Waals surface area (Å²) in [6, 6.07) is 8.22. The molecule has 0 bridgehead atoms. The van der Waals surface area contributed by atoms with E-state index in [2.05, 4.69) is 27.0 Å². The van der Waals surface area contributed by atoms with Crippen LogP contribution in [0.3, 0.4) is 0 Å². The van der Waals surface area contributed by atoms with Gasteiger partial charge in [-0.3, -0.25) is 0 Å². The van der Waals surface area contributed by atoms with Crippen LogP contribution >= 0.6 is 11.8 Å². The highest BCUT2D eigenvalue weighted by Gasteiger charge is 2.17. The molecule has 0 fully saturated rings. The van der Waals surface area contributed by atoms with Gasteiger partial charge < -0.3 is 10.6 Å². The van der Waals surface area contributed by atoms with E-state index in [0.29, 0.717) is 0 Å². The van der Waals surface area contributed by atoms with Crippen LogP contribution in [0.4, 0.5) is 11.5 Å². The van der Waals surface area contributed by atoms with Gasteiger partial charge in [-0.2, -0.15) is 0 Å². The van der Waals surface area contributed by atoms with Crippen LogP contribution in [0.1, 0.15) is 11.1 Å². The van der Waals surface area contributed by atoms with Crippen LogP contribution in [0.15, 0.2) is 35.6 Å². The molecule has 1 aromatic heterocycles. The molecule has 0 atom stereocenters.